The number of carbonyl (C=O) groups excluding carboxylic acids is 1. The Morgan fingerprint density at radius 1 is 1.50 bits per heavy atom. The smallest absolute Gasteiger partial charge is 0.252 e. The molecule has 0 aliphatic heterocycles. The number of methoxy groups -OCH3 is 1. The SMILES string of the molecule is COC1CCCC1NC(=O)c1ccc(Cl)cc1Br. The molecule has 0 heterocycles. The van der Waals surface area contributed by atoms with E-state index in [9.17, 15) is 4.79 Å². The molecule has 1 aromatic carbocycles. The second kappa shape index (κ2) is 6.04. The van der Waals surface area contributed by atoms with E-state index in [1.54, 1.807) is 25.3 Å². The Morgan fingerprint density at radius 2 is 2.28 bits per heavy atom. The van der Waals surface area contributed by atoms with Crippen LogP contribution < -0.4 is 5.32 Å². The van der Waals surface area contributed by atoms with Crippen LogP contribution in [0.4, 0.5) is 0 Å². The van der Waals surface area contributed by atoms with Gasteiger partial charge in [-0.2, -0.15) is 0 Å². The van der Waals surface area contributed by atoms with E-state index in [0.29, 0.717) is 15.1 Å². The summed E-state index contributed by atoms with van der Waals surface area (Å²) < 4.78 is 6.07. The highest BCUT2D eigenvalue weighted by Gasteiger charge is 2.28. The summed E-state index contributed by atoms with van der Waals surface area (Å²) in [6, 6.07) is 5.26. The molecule has 0 spiro atoms. The Labute approximate surface area is 120 Å². The van der Waals surface area contributed by atoms with E-state index in [-0.39, 0.29) is 18.1 Å². The molecule has 5 heteroatoms. The summed E-state index contributed by atoms with van der Waals surface area (Å²) in [5, 5.41) is 3.63. The third-order valence-electron chi connectivity index (χ3n) is 3.25. The molecule has 98 valence electrons. The highest BCUT2D eigenvalue weighted by Crippen LogP contribution is 2.24. The quantitative estimate of drug-likeness (QED) is 0.921. The number of hydrogen-bond acceptors (Lipinski definition) is 2. The van der Waals surface area contributed by atoms with Gasteiger partial charge in [0.05, 0.1) is 17.7 Å². The predicted molar refractivity (Wildman–Crippen MR) is 75.1 cm³/mol. The molecule has 1 aliphatic rings. The van der Waals surface area contributed by atoms with Crippen LogP contribution in [0.1, 0.15) is 29.6 Å². The summed E-state index contributed by atoms with van der Waals surface area (Å²) in [6.07, 6.45) is 3.18. The molecule has 2 rings (SSSR count). The van der Waals surface area contributed by atoms with Crippen LogP contribution in [0.25, 0.3) is 0 Å². The fourth-order valence-corrected chi connectivity index (χ4v) is 3.16. The number of amides is 1. The standard InChI is InChI=1S/C13H15BrClNO2/c1-18-12-4-2-3-11(12)16-13(17)9-6-5-8(15)7-10(9)14/h5-7,11-12H,2-4H2,1H3,(H,16,17). The van der Waals surface area contributed by atoms with Crippen molar-refractivity contribution in [1.82, 2.24) is 5.32 Å². The van der Waals surface area contributed by atoms with Crippen molar-refractivity contribution in [3.8, 4) is 0 Å². The lowest BCUT2D eigenvalue weighted by molar-refractivity contribution is 0.0722. The van der Waals surface area contributed by atoms with Gasteiger partial charge >= 0.3 is 0 Å². The Balaban J connectivity index is 2.07. The van der Waals surface area contributed by atoms with Gasteiger partial charge in [0.2, 0.25) is 0 Å². The van der Waals surface area contributed by atoms with Crippen molar-refractivity contribution >= 4 is 33.4 Å². The molecule has 0 saturated heterocycles. The van der Waals surface area contributed by atoms with Gasteiger partial charge < -0.3 is 10.1 Å². The summed E-state index contributed by atoms with van der Waals surface area (Å²) in [4.78, 5) is 12.2. The summed E-state index contributed by atoms with van der Waals surface area (Å²) in [5.74, 6) is -0.0903. The van der Waals surface area contributed by atoms with E-state index in [4.69, 9.17) is 16.3 Å². The van der Waals surface area contributed by atoms with Crippen molar-refractivity contribution in [3.63, 3.8) is 0 Å². The molecule has 1 N–H and O–H groups in total. The van der Waals surface area contributed by atoms with Gasteiger partial charge in [-0.25, -0.2) is 0 Å². The first kappa shape index (κ1) is 13.8. The van der Waals surface area contributed by atoms with Crippen LogP contribution in [0.3, 0.4) is 0 Å². The lowest BCUT2D eigenvalue weighted by Crippen LogP contribution is -2.40. The summed E-state index contributed by atoms with van der Waals surface area (Å²) in [6.45, 7) is 0. The maximum absolute atomic E-state index is 12.2. The molecule has 2 atom stereocenters. The number of ether oxygens (including phenoxy) is 1. The van der Waals surface area contributed by atoms with Gasteiger partial charge in [0.1, 0.15) is 0 Å². The second-order valence-electron chi connectivity index (χ2n) is 4.41. The van der Waals surface area contributed by atoms with Crippen molar-refractivity contribution in [1.29, 1.82) is 0 Å². The molecule has 1 aromatic rings. The number of rotatable bonds is 3. The zero-order valence-corrected chi connectivity index (χ0v) is 12.4. The Bertz CT molecular complexity index is 453. The number of carbonyl (C=O) groups is 1. The second-order valence-corrected chi connectivity index (χ2v) is 5.70. The average molecular weight is 333 g/mol. The fraction of sp³-hybridized carbons (Fsp3) is 0.462. The number of nitrogens with one attached hydrogen (secondary N) is 1. The zero-order chi connectivity index (χ0) is 13.1. The van der Waals surface area contributed by atoms with Gasteiger partial charge in [0.25, 0.3) is 5.91 Å². The van der Waals surface area contributed by atoms with Gasteiger partial charge in [-0.1, -0.05) is 11.6 Å². The van der Waals surface area contributed by atoms with Crippen molar-refractivity contribution in [2.24, 2.45) is 0 Å². The topological polar surface area (TPSA) is 38.3 Å². The summed E-state index contributed by atoms with van der Waals surface area (Å²) >= 11 is 9.21. The first-order valence-electron chi connectivity index (χ1n) is 5.90. The highest BCUT2D eigenvalue weighted by molar-refractivity contribution is 9.10. The molecule has 1 saturated carbocycles. The minimum atomic E-state index is -0.0903. The molecule has 1 fully saturated rings. The van der Waals surface area contributed by atoms with Gasteiger partial charge in [-0.15, -0.1) is 0 Å². The zero-order valence-electron chi connectivity index (χ0n) is 10.1. The molecular weight excluding hydrogens is 318 g/mol. The maximum atomic E-state index is 12.2. The van der Waals surface area contributed by atoms with Crippen LogP contribution in [0.15, 0.2) is 22.7 Å². The van der Waals surface area contributed by atoms with E-state index in [1.807, 2.05) is 0 Å². The highest BCUT2D eigenvalue weighted by atomic mass is 79.9. The van der Waals surface area contributed by atoms with Crippen molar-refractivity contribution in [2.45, 2.75) is 31.4 Å². The lowest BCUT2D eigenvalue weighted by Gasteiger charge is -2.20. The van der Waals surface area contributed by atoms with Gasteiger partial charge in [-0.3, -0.25) is 4.79 Å². The van der Waals surface area contributed by atoms with E-state index < -0.39 is 0 Å². The van der Waals surface area contributed by atoms with Crippen LogP contribution in [-0.4, -0.2) is 25.2 Å². The molecule has 1 amide bonds. The monoisotopic (exact) mass is 331 g/mol. The summed E-state index contributed by atoms with van der Waals surface area (Å²) in [5.41, 5.74) is 0.598. The molecule has 0 radical (unpaired) electrons. The Kier molecular flexibility index (Phi) is 4.65. The molecule has 0 bridgehead atoms. The van der Waals surface area contributed by atoms with Crippen molar-refractivity contribution in [2.75, 3.05) is 7.11 Å². The first-order valence-corrected chi connectivity index (χ1v) is 7.07. The van der Waals surface area contributed by atoms with Crippen LogP contribution in [0, 0.1) is 0 Å². The maximum Gasteiger partial charge on any atom is 0.252 e. The van der Waals surface area contributed by atoms with E-state index in [2.05, 4.69) is 21.2 Å². The Morgan fingerprint density at radius 3 is 2.94 bits per heavy atom. The van der Waals surface area contributed by atoms with Gasteiger partial charge in [0.15, 0.2) is 0 Å². The van der Waals surface area contributed by atoms with Crippen molar-refractivity contribution in [3.05, 3.63) is 33.3 Å². The molecular formula is C13H15BrClNO2. The van der Waals surface area contributed by atoms with Crippen LogP contribution in [0.5, 0.6) is 0 Å². The molecule has 1 aliphatic carbocycles. The predicted octanol–water partition coefficient (Wildman–Crippen LogP) is 3.40. The fourth-order valence-electron chi connectivity index (χ4n) is 2.29. The Hall–Kier alpha value is -0.580. The minimum absolute atomic E-state index is 0.0903. The third-order valence-corrected chi connectivity index (χ3v) is 4.14. The third kappa shape index (κ3) is 3.05. The van der Waals surface area contributed by atoms with Crippen LogP contribution >= 0.6 is 27.5 Å². The lowest BCUT2D eigenvalue weighted by atomic mass is 10.1. The van der Waals surface area contributed by atoms with E-state index in [0.717, 1.165) is 19.3 Å². The first-order chi connectivity index (χ1) is 8.61. The average Bonchev–Trinajstić information content (AvgIpc) is 2.76. The summed E-state index contributed by atoms with van der Waals surface area (Å²) in [7, 11) is 1.69. The molecule has 3 nitrogen and oxygen atoms in total. The number of hydrogen-bond donors (Lipinski definition) is 1. The van der Waals surface area contributed by atoms with E-state index in [1.165, 1.54) is 0 Å². The van der Waals surface area contributed by atoms with Gasteiger partial charge in [0, 0.05) is 16.6 Å². The van der Waals surface area contributed by atoms with E-state index >= 15 is 0 Å². The van der Waals surface area contributed by atoms with Crippen LogP contribution in [-0.2, 0) is 4.74 Å². The molecule has 2 unspecified atom stereocenters. The largest absolute Gasteiger partial charge is 0.379 e. The van der Waals surface area contributed by atoms with Crippen molar-refractivity contribution < 1.29 is 9.53 Å². The van der Waals surface area contributed by atoms with Gasteiger partial charge in [-0.05, 0) is 53.4 Å². The number of halogens is 2. The number of benzene rings is 1. The molecule has 0 aromatic heterocycles. The normalized spacial score (nSPS) is 23.1. The minimum Gasteiger partial charge on any atom is -0.379 e. The van der Waals surface area contributed by atoms with Crippen LogP contribution in [0.2, 0.25) is 5.02 Å². The molecule has 18 heavy (non-hydrogen) atoms.